The Balaban J connectivity index is 1.65. The van der Waals surface area contributed by atoms with Crippen LogP contribution in [0.25, 0.3) is 10.8 Å². The van der Waals surface area contributed by atoms with Crippen LogP contribution in [0.4, 0.5) is 10.5 Å². The van der Waals surface area contributed by atoms with Crippen LogP contribution in [0.1, 0.15) is 13.3 Å². The van der Waals surface area contributed by atoms with E-state index in [1.54, 1.807) is 30.3 Å². The van der Waals surface area contributed by atoms with Gasteiger partial charge in [-0.05, 0) is 23.9 Å². The number of hydrogen-bond donors (Lipinski definition) is 2. The van der Waals surface area contributed by atoms with Gasteiger partial charge >= 0.3 is 12.0 Å². The Hall–Kier alpha value is -3.14. The Morgan fingerprint density at radius 2 is 1.82 bits per heavy atom. The van der Waals surface area contributed by atoms with E-state index in [0.717, 1.165) is 9.69 Å². The molecule has 0 saturated carbocycles. The van der Waals surface area contributed by atoms with Crippen LogP contribution in [0.5, 0.6) is 0 Å². The molecule has 0 aliphatic carbocycles. The number of carbonyl (C=O) groups is 3. The quantitative estimate of drug-likeness (QED) is 0.695. The van der Waals surface area contributed by atoms with E-state index in [1.807, 2.05) is 12.2 Å². The number of rotatable bonds is 6. The zero-order valence-corrected chi connectivity index (χ0v) is 15.9. The zero-order valence-electron chi connectivity index (χ0n) is 15.1. The molecule has 3 rings (SSSR count). The number of nitrogens with one attached hydrogen (secondary N) is 2. The average Bonchev–Trinajstić information content (AvgIpc) is 2.88. The van der Waals surface area contributed by atoms with Crippen molar-refractivity contribution < 1.29 is 27.5 Å². The molecule has 148 valence electrons. The molecule has 1 aliphatic heterocycles. The van der Waals surface area contributed by atoms with Crippen LogP contribution in [-0.2, 0) is 24.3 Å². The van der Waals surface area contributed by atoms with E-state index in [1.165, 1.54) is 6.07 Å². The van der Waals surface area contributed by atoms with E-state index in [2.05, 4.69) is 5.32 Å². The summed E-state index contributed by atoms with van der Waals surface area (Å²) in [5.41, 5.74) is 0.383. The molecule has 1 aliphatic rings. The summed E-state index contributed by atoms with van der Waals surface area (Å²) in [5, 5.41) is 5.74. The van der Waals surface area contributed by atoms with Gasteiger partial charge in [0.05, 0.1) is 10.6 Å². The van der Waals surface area contributed by atoms with E-state index >= 15 is 0 Å². The zero-order chi connectivity index (χ0) is 20.3. The average molecular weight is 405 g/mol. The van der Waals surface area contributed by atoms with Crippen molar-refractivity contribution in [3.8, 4) is 0 Å². The summed E-state index contributed by atoms with van der Waals surface area (Å²) in [6.07, 6.45) is 0.704. The van der Waals surface area contributed by atoms with E-state index in [9.17, 15) is 22.8 Å². The summed E-state index contributed by atoms with van der Waals surface area (Å²) in [7, 11) is -3.89. The Morgan fingerprint density at radius 1 is 1.11 bits per heavy atom. The van der Waals surface area contributed by atoms with Crippen LogP contribution in [-0.4, -0.2) is 46.0 Å². The highest BCUT2D eigenvalue weighted by molar-refractivity contribution is 7.93. The molecule has 9 nitrogen and oxygen atoms in total. The maximum atomic E-state index is 12.8. The van der Waals surface area contributed by atoms with Crippen LogP contribution in [0, 0.1) is 0 Å². The van der Waals surface area contributed by atoms with Gasteiger partial charge in [0.15, 0.2) is 6.61 Å². The number of urea groups is 1. The second-order valence-electron chi connectivity index (χ2n) is 6.11. The molecule has 0 fully saturated rings. The lowest BCUT2D eigenvalue weighted by molar-refractivity contribution is -0.146. The monoisotopic (exact) mass is 405 g/mol. The highest BCUT2D eigenvalue weighted by Crippen LogP contribution is 2.41. The smallest absolute Gasteiger partial charge is 0.327 e. The van der Waals surface area contributed by atoms with E-state index in [4.69, 9.17) is 4.74 Å². The number of nitrogens with zero attached hydrogens (tertiary/aromatic N) is 1. The molecule has 28 heavy (non-hydrogen) atoms. The van der Waals surface area contributed by atoms with Crippen LogP contribution >= 0.6 is 0 Å². The van der Waals surface area contributed by atoms with Crippen molar-refractivity contribution in [1.29, 1.82) is 0 Å². The van der Waals surface area contributed by atoms with Crippen molar-refractivity contribution in [2.75, 3.05) is 24.0 Å². The lowest BCUT2D eigenvalue weighted by Gasteiger charge is -2.17. The molecule has 0 aromatic heterocycles. The highest BCUT2D eigenvalue weighted by atomic mass is 32.2. The number of esters is 1. The fourth-order valence-corrected chi connectivity index (χ4v) is 4.54. The molecule has 2 aromatic rings. The molecule has 0 saturated heterocycles. The second kappa shape index (κ2) is 7.85. The number of amides is 3. The minimum absolute atomic E-state index is 0.124. The number of hydrogen-bond acceptors (Lipinski definition) is 6. The predicted molar refractivity (Wildman–Crippen MR) is 101 cm³/mol. The number of sulfonamides is 1. The Kier molecular flexibility index (Phi) is 5.50. The molecule has 0 spiro atoms. The molecule has 0 unspecified atom stereocenters. The number of carbonyl (C=O) groups excluding carboxylic acids is 3. The second-order valence-corrected chi connectivity index (χ2v) is 7.94. The number of imide groups is 1. The molecule has 0 bridgehead atoms. The highest BCUT2D eigenvalue weighted by Gasteiger charge is 2.37. The fourth-order valence-electron chi connectivity index (χ4n) is 2.88. The summed E-state index contributed by atoms with van der Waals surface area (Å²) in [4.78, 5) is 35.3. The minimum atomic E-state index is -3.89. The molecule has 1 heterocycles. The van der Waals surface area contributed by atoms with Crippen molar-refractivity contribution in [3.05, 3.63) is 36.4 Å². The molecule has 0 atom stereocenters. The maximum Gasteiger partial charge on any atom is 0.327 e. The fraction of sp³-hybridized carbons (Fsp3) is 0.278. The van der Waals surface area contributed by atoms with Crippen molar-refractivity contribution in [2.24, 2.45) is 0 Å². The van der Waals surface area contributed by atoms with Crippen LogP contribution in [0.3, 0.4) is 0 Å². The van der Waals surface area contributed by atoms with Gasteiger partial charge in [-0.3, -0.25) is 19.2 Å². The summed E-state index contributed by atoms with van der Waals surface area (Å²) >= 11 is 0. The van der Waals surface area contributed by atoms with Gasteiger partial charge < -0.3 is 10.1 Å². The van der Waals surface area contributed by atoms with Crippen molar-refractivity contribution in [3.63, 3.8) is 0 Å². The van der Waals surface area contributed by atoms with Gasteiger partial charge in [-0.15, -0.1) is 0 Å². The molecule has 0 radical (unpaired) electrons. The normalized spacial score (nSPS) is 14.0. The summed E-state index contributed by atoms with van der Waals surface area (Å²) in [6.45, 7) is 0.988. The predicted octanol–water partition coefficient (Wildman–Crippen LogP) is 1.13. The first-order valence-corrected chi connectivity index (χ1v) is 10.1. The Morgan fingerprint density at radius 3 is 2.54 bits per heavy atom. The van der Waals surface area contributed by atoms with Gasteiger partial charge in [0.2, 0.25) is 0 Å². The van der Waals surface area contributed by atoms with E-state index < -0.39 is 41.1 Å². The summed E-state index contributed by atoms with van der Waals surface area (Å²) in [5.74, 6) is -1.71. The van der Waals surface area contributed by atoms with E-state index in [-0.39, 0.29) is 4.90 Å². The molecule has 3 amide bonds. The van der Waals surface area contributed by atoms with Gasteiger partial charge in [0.1, 0.15) is 6.54 Å². The Labute approximate surface area is 161 Å². The largest absolute Gasteiger partial charge is 0.454 e. The first kappa shape index (κ1) is 19.6. The number of anilines is 1. The number of benzene rings is 2. The molecule has 2 N–H and O–H groups in total. The van der Waals surface area contributed by atoms with Gasteiger partial charge in [0.25, 0.3) is 15.9 Å². The maximum absolute atomic E-state index is 12.8. The third-order valence-corrected chi connectivity index (χ3v) is 5.91. The van der Waals surface area contributed by atoms with Crippen LogP contribution in [0.2, 0.25) is 0 Å². The minimum Gasteiger partial charge on any atom is -0.454 e. The molecular weight excluding hydrogens is 386 g/mol. The lowest BCUT2D eigenvalue weighted by atomic mass is 10.1. The topological polar surface area (TPSA) is 122 Å². The Bertz CT molecular complexity index is 1050. The van der Waals surface area contributed by atoms with Crippen molar-refractivity contribution in [2.45, 2.75) is 18.2 Å². The van der Waals surface area contributed by atoms with Crippen LogP contribution in [0.15, 0.2) is 41.3 Å². The first-order valence-electron chi connectivity index (χ1n) is 8.62. The van der Waals surface area contributed by atoms with Gasteiger partial charge in [0, 0.05) is 11.9 Å². The first-order chi connectivity index (χ1) is 13.3. The molecular formula is C18H19N3O6S. The third kappa shape index (κ3) is 3.77. The van der Waals surface area contributed by atoms with Gasteiger partial charge in [-0.1, -0.05) is 31.2 Å². The number of ether oxygens (including phenoxy) is 1. The standard InChI is InChI=1S/C18H19N3O6S/c1-2-9-19-18(24)20-15(22)11-27-16(23)10-21-13-7-3-5-12-6-4-8-14(17(12)13)28(21,25)26/h3-8H,2,9-11H2,1H3,(H2,19,20,22,24). The summed E-state index contributed by atoms with van der Waals surface area (Å²) < 4.78 is 31.3. The van der Waals surface area contributed by atoms with Gasteiger partial charge in [-0.25, -0.2) is 13.2 Å². The molecule has 2 aromatic carbocycles. The SMILES string of the molecule is CCCNC(=O)NC(=O)COC(=O)CN1c2cccc3cccc(c23)S1(=O)=O. The van der Waals surface area contributed by atoms with Crippen molar-refractivity contribution >= 4 is 44.4 Å². The summed E-state index contributed by atoms with van der Waals surface area (Å²) in [6, 6.07) is 9.30. The van der Waals surface area contributed by atoms with Crippen LogP contribution < -0.4 is 14.9 Å². The van der Waals surface area contributed by atoms with Gasteiger partial charge in [-0.2, -0.15) is 0 Å². The molecule has 10 heteroatoms. The van der Waals surface area contributed by atoms with E-state index in [0.29, 0.717) is 24.0 Å². The lowest BCUT2D eigenvalue weighted by Crippen LogP contribution is -2.42. The van der Waals surface area contributed by atoms with Crippen molar-refractivity contribution in [1.82, 2.24) is 10.6 Å². The third-order valence-electron chi connectivity index (χ3n) is 4.11.